The first-order valence-electron chi connectivity index (χ1n) is 4.34. The Morgan fingerprint density at radius 3 is 1.60 bits per heavy atom. The molecular weight excluding hydrogens is 299 g/mol. The van der Waals surface area contributed by atoms with Crippen LogP contribution in [0.2, 0.25) is 4.94 Å². The third kappa shape index (κ3) is 16.6. The fourth-order valence-electron chi connectivity index (χ4n) is 0.800. The topological polar surface area (TPSA) is 69.2 Å². The van der Waals surface area contributed by atoms with Gasteiger partial charge >= 0.3 is 66.4 Å². The van der Waals surface area contributed by atoms with E-state index in [1.807, 2.05) is 0 Å². The van der Waals surface area contributed by atoms with Crippen molar-refractivity contribution in [2.75, 3.05) is 21.3 Å². The van der Waals surface area contributed by atoms with Crippen LogP contribution in [0.25, 0.3) is 0 Å². The van der Waals surface area contributed by atoms with E-state index in [-0.39, 0.29) is 21.1 Å². The zero-order valence-electron chi connectivity index (χ0n) is 9.82. The molecule has 4 heteroatoms. The molecule has 0 aliphatic carbocycles. The monoisotopic (exact) mass is 319 g/mol. The molecule has 1 aromatic rings. The second-order valence-electron chi connectivity index (χ2n) is 2.02. The molecule has 0 aliphatic rings. The van der Waals surface area contributed by atoms with Crippen LogP contribution >= 0.6 is 0 Å². The number of rotatable bonds is 2. The number of hydrogen-bond acceptors (Lipinski definition) is 3. The van der Waals surface area contributed by atoms with Crippen LogP contribution < -0.4 is 15.3 Å². The molecule has 0 aromatic heterocycles. The van der Waals surface area contributed by atoms with E-state index in [1.54, 1.807) is 0 Å². The molecule has 1 aromatic carbocycles. The van der Waals surface area contributed by atoms with Crippen molar-refractivity contribution in [1.82, 2.24) is 0 Å². The molecule has 0 bridgehead atoms. The summed E-state index contributed by atoms with van der Waals surface area (Å²) in [6.07, 6.45) is 0. The summed E-state index contributed by atoms with van der Waals surface area (Å²) in [5.74, 6) is 0. The molecule has 0 fully saturated rings. The van der Waals surface area contributed by atoms with Crippen LogP contribution in [0.15, 0.2) is 30.3 Å². The summed E-state index contributed by atoms with van der Waals surface area (Å²) in [6.45, 7) is 0. The summed E-state index contributed by atoms with van der Waals surface area (Å²) in [6, 6.07) is 10.7. The van der Waals surface area contributed by atoms with Gasteiger partial charge in [-0.1, -0.05) is 0 Å². The van der Waals surface area contributed by atoms with Crippen molar-refractivity contribution in [2.24, 2.45) is 0 Å². The van der Waals surface area contributed by atoms with Gasteiger partial charge in [-0.2, -0.15) is 21.3 Å². The minimum absolute atomic E-state index is 0.0138. The Morgan fingerprint density at radius 1 is 0.867 bits per heavy atom. The van der Waals surface area contributed by atoms with E-state index in [0.717, 1.165) is 21.3 Å². The van der Waals surface area contributed by atoms with Gasteiger partial charge < -0.3 is 15.3 Å². The Morgan fingerprint density at radius 2 is 1.27 bits per heavy atom. The Kier molecular flexibility index (Phi) is 32.0. The van der Waals surface area contributed by atoms with Crippen LogP contribution in [-0.2, 0) is 4.44 Å². The molecule has 0 saturated heterocycles. The Hall–Kier alpha value is -0.101. The third-order valence-corrected chi connectivity index (χ3v) is 3.40. The predicted molar refractivity (Wildman–Crippen MR) is 59.5 cm³/mol. The van der Waals surface area contributed by atoms with Crippen LogP contribution in [0, 0.1) is 0 Å². The van der Waals surface area contributed by atoms with E-state index in [0.29, 0.717) is 0 Å². The zero-order valence-corrected chi connectivity index (χ0v) is 12.7. The van der Waals surface area contributed by atoms with E-state index >= 15 is 0 Å². The van der Waals surface area contributed by atoms with Crippen LogP contribution in [0.5, 0.6) is 0 Å². The van der Waals surface area contributed by atoms with Gasteiger partial charge in [0, 0.05) is 0 Å². The molecule has 0 amide bonds. The van der Waals surface area contributed by atoms with Crippen LogP contribution in [0.3, 0.4) is 0 Å². The van der Waals surface area contributed by atoms with Crippen molar-refractivity contribution >= 4 is 21.1 Å². The fourth-order valence-corrected chi connectivity index (χ4v) is 2.64. The molecule has 15 heavy (non-hydrogen) atoms. The van der Waals surface area contributed by atoms with E-state index in [9.17, 15) is 0 Å². The van der Waals surface area contributed by atoms with Gasteiger partial charge in [0.2, 0.25) is 0 Å². The summed E-state index contributed by atoms with van der Waals surface area (Å²) in [7, 11) is 2.25. The van der Waals surface area contributed by atoms with Crippen molar-refractivity contribution in [2.45, 2.75) is 9.38 Å². The van der Waals surface area contributed by atoms with Gasteiger partial charge in [-0.05, 0) is 0 Å². The van der Waals surface area contributed by atoms with E-state index in [4.69, 9.17) is 15.3 Å². The number of benzene rings is 1. The van der Waals surface area contributed by atoms with Gasteiger partial charge in [0.1, 0.15) is 0 Å². The van der Waals surface area contributed by atoms with Gasteiger partial charge in [-0.25, -0.2) is 0 Å². The van der Waals surface area contributed by atoms with E-state index < -0.39 is 0 Å². The molecule has 0 spiro atoms. The fraction of sp³-hybridized carbons (Fsp3) is 0.455. The predicted octanol–water partition coefficient (Wildman–Crippen LogP) is -1.13. The average molecular weight is 318 g/mol. The van der Waals surface area contributed by atoms with Gasteiger partial charge in [0.15, 0.2) is 0 Å². The standard InChI is InChI=1S/C7H7.3CH3O.CH3.Sn/c1-7-5-3-2-4-6-7;3*1-2;;/h2-6H,1H2;3*1H3;1H3;/q;3*-1;;+3. The van der Waals surface area contributed by atoms with Crippen molar-refractivity contribution in [3.05, 3.63) is 35.9 Å². The minimum atomic E-state index is -0.0138. The summed E-state index contributed by atoms with van der Waals surface area (Å²) in [5, 5.41) is 24.8. The average Bonchev–Trinajstić information content (AvgIpc) is 2.38. The molecular formula is C11H19O3Sn. The summed E-state index contributed by atoms with van der Waals surface area (Å²) in [4.78, 5) is 2.37. The van der Waals surface area contributed by atoms with Crippen molar-refractivity contribution in [1.29, 1.82) is 0 Å². The molecule has 0 N–H and O–H groups in total. The van der Waals surface area contributed by atoms with E-state index in [2.05, 4.69) is 35.3 Å². The van der Waals surface area contributed by atoms with Crippen molar-refractivity contribution < 1.29 is 15.3 Å². The number of hydrogen-bond donors (Lipinski definition) is 0. The van der Waals surface area contributed by atoms with Gasteiger partial charge in [0.25, 0.3) is 0 Å². The maximum absolute atomic E-state index is 8.25. The molecule has 0 aliphatic heterocycles. The third-order valence-electron chi connectivity index (χ3n) is 1.22. The summed E-state index contributed by atoms with van der Waals surface area (Å²) < 4.78 is 1.38. The Labute approximate surface area is 103 Å². The molecule has 0 heterocycles. The second kappa shape index (κ2) is 23.6. The van der Waals surface area contributed by atoms with Gasteiger partial charge in [0.05, 0.1) is 0 Å². The first-order valence-corrected chi connectivity index (χ1v) is 9.21. The van der Waals surface area contributed by atoms with Gasteiger partial charge in [-0.3, -0.25) is 0 Å². The van der Waals surface area contributed by atoms with Crippen LogP contribution in [0.4, 0.5) is 0 Å². The first-order chi connectivity index (χ1) is 7.43. The SMILES string of the molecule is C[O-].C[O-].C[O-].[CH3][Sn+3][CH2]c1ccccc1. The Bertz CT molecular complexity index is 169. The van der Waals surface area contributed by atoms with E-state index in [1.165, 1.54) is 10.0 Å². The summed E-state index contributed by atoms with van der Waals surface area (Å²) in [5.41, 5.74) is 1.52. The van der Waals surface area contributed by atoms with Crippen molar-refractivity contribution in [3.63, 3.8) is 0 Å². The molecule has 3 nitrogen and oxygen atoms in total. The molecule has 0 saturated carbocycles. The normalized spacial score (nSPS) is 6.87. The van der Waals surface area contributed by atoms with Gasteiger partial charge in [-0.15, -0.1) is 0 Å². The Balaban J connectivity index is -0.000000208. The molecule has 85 valence electrons. The molecule has 1 rings (SSSR count). The van der Waals surface area contributed by atoms with Crippen LogP contribution in [-0.4, -0.2) is 42.5 Å². The molecule has 0 atom stereocenters. The second-order valence-corrected chi connectivity index (χ2v) is 5.04. The molecule has 5 radical (unpaired) electrons. The van der Waals surface area contributed by atoms with Crippen molar-refractivity contribution in [3.8, 4) is 0 Å². The maximum atomic E-state index is 8.25. The van der Waals surface area contributed by atoms with Crippen LogP contribution in [0.1, 0.15) is 5.56 Å². The molecule has 0 unspecified atom stereocenters. The summed E-state index contributed by atoms with van der Waals surface area (Å²) >= 11 is -0.0138. The first kappa shape index (κ1) is 20.3. The zero-order chi connectivity index (χ0) is 12.5. The quantitative estimate of drug-likeness (QED) is 0.648.